The van der Waals surface area contributed by atoms with Crippen LogP contribution in [0.4, 0.5) is 10.7 Å². The van der Waals surface area contributed by atoms with Gasteiger partial charge in [0.25, 0.3) is 5.91 Å². The normalized spacial score (nSPS) is 13.2. The largest absolute Gasteiger partial charge is 0.490 e. The zero-order valence-corrected chi connectivity index (χ0v) is 26.1. The molecular weight excluding hydrogens is 576 g/mol. The van der Waals surface area contributed by atoms with E-state index in [0.717, 1.165) is 58.6 Å². The minimum atomic E-state index is -0.109. The quantitative estimate of drug-likeness (QED) is 0.135. The van der Waals surface area contributed by atoms with Crippen LogP contribution in [0.5, 0.6) is 11.5 Å². The first-order valence-electron chi connectivity index (χ1n) is 14.9. The molecule has 0 radical (unpaired) electrons. The second-order valence-electron chi connectivity index (χ2n) is 10.5. The molecular formula is C36H37ClN2O3S. The van der Waals surface area contributed by atoms with Crippen LogP contribution < -0.4 is 14.8 Å². The molecule has 0 bridgehead atoms. The van der Waals surface area contributed by atoms with Crippen LogP contribution in [0.15, 0.2) is 84.4 Å². The number of hydrogen-bond acceptors (Lipinski definition) is 5. The van der Waals surface area contributed by atoms with Crippen LogP contribution in [0.25, 0.3) is 0 Å². The molecule has 0 aliphatic heterocycles. The summed E-state index contributed by atoms with van der Waals surface area (Å²) in [5.74, 6) is 1.19. The average molecular weight is 613 g/mol. The number of ether oxygens (including phenoxy) is 2. The molecule has 4 aromatic rings. The average Bonchev–Trinajstić information content (AvgIpc) is 3.33. The van der Waals surface area contributed by atoms with E-state index in [4.69, 9.17) is 26.1 Å². The Balaban J connectivity index is 1.49. The Morgan fingerprint density at radius 3 is 2.53 bits per heavy atom. The molecule has 0 atom stereocenters. The lowest BCUT2D eigenvalue weighted by atomic mass is 9.96. The third kappa shape index (κ3) is 7.75. The molecule has 1 aliphatic carbocycles. The highest BCUT2D eigenvalue weighted by Crippen LogP contribution is 2.40. The fourth-order valence-electron chi connectivity index (χ4n) is 5.34. The summed E-state index contributed by atoms with van der Waals surface area (Å²) in [6.45, 7) is 6.70. The molecule has 5 rings (SSSR count). The summed E-state index contributed by atoms with van der Waals surface area (Å²) in [5.41, 5.74) is 5.32. The first-order valence-corrected chi connectivity index (χ1v) is 16.1. The number of anilines is 1. The van der Waals surface area contributed by atoms with Crippen LogP contribution in [0.1, 0.15) is 70.1 Å². The van der Waals surface area contributed by atoms with Crippen molar-refractivity contribution < 1.29 is 14.3 Å². The molecule has 43 heavy (non-hydrogen) atoms. The third-order valence-electron chi connectivity index (χ3n) is 7.39. The smallest absolute Gasteiger partial charge is 0.259 e. The number of nitrogens with zero attached hydrogens (tertiary/aromatic N) is 1. The highest BCUT2D eigenvalue weighted by Gasteiger charge is 2.24. The second kappa shape index (κ2) is 15.0. The maximum Gasteiger partial charge on any atom is 0.259 e. The van der Waals surface area contributed by atoms with Crippen molar-refractivity contribution in [1.29, 1.82) is 0 Å². The summed E-state index contributed by atoms with van der Waals surface area (Å²) in [6, 6.07) is 21.2. The maximum atomic E-state index is 13.7. The van der Waals surface area contributed by atoms with Crippen molar-refractivity contribution in [2.75, 3.05) is 11.9 Å². The number of carbonyl (C=O) groups is 1. The molecule has 222 valence electrons. The van der Waals surface area contributed by atoms with Crippen LogP contribution in [0.3, 0.4) is 0 Å². The van der Waals surface area contributed by atoms with E-state index in [1.807, 2.05) is 85.9 Å². The molecule has 1 aliphatic rings. The summed E-state index contributed by atoms with van der Waals surface area (Å²) in [5, 5.41) is 4.49. The van der Waals surface area contributed by atoms with Crippen LogP contribution in [0, 0.1) is 0 Å². The SMILES string of the molecule is C=CCc1cc(C=Nc2sc3c(c2C(=O)Nc2ccccc2)CCCCCC3)cc(OCC)c1OCc1ccccc1Cl. The van der Waals surface area contributed by atoms with Crippen molar-refractivity contribution in [2.24, 2.45) is 4.99 Å². The number of fused-ring (bicyclic) bond motifs is 1. The maximum absolute atomic E-state index is 13.7. The Hall–Kier alpha value is -3.87. The molecule has 0 saturated carbocycles. The highest BCUT2D eigenvalue weighted by atomic mass is 35.5. The molecule has 1 aromatic heterocycles. The minimum Gasteiger partial charge on any atom is -0.490 e. The first-order chi connectivity index (χ1) is 21.1. The van der Waals surface area contributed by atoms with E-state index < -0.39 is 0 Å². The fraction of sp³-hybridized carbons (Fsp3) is 0.278. The van der Waals surface area contributed by atoms with Crippen LogP contribution in [-0.2, 0) is 25.9 Å². The Kier molecular flexibility index (Phi) is 10.7. The van der Waals surface area contributed by atoms with E-state index in [0.29, 0.717) is 41.7 Å². The molecule has 1 amide bonds. The van der Waals surface area contributed by atoms with Gasteiger partial charge in [-0.3, -0.25) is 4.79 Å². The lowest BCUT2D eigenvalue weighted by Crippen LogP contribution is -2.14. The van der Waals surface area contributed by atoms with Gasteiger partial charge >= 0.3 is 0 Å². The van der Waals surface area contributed by atoms with E-state index in [1.54, 1.807) is 11.3 Å². The lowest BCUT2D eigenvalue weighted by molar-refractivity contribution is 0.102. The number of allylic oxidation sites excluding steroid dienone is 1. The van der Waals surface area contributed by atoms with E-state index in [-0.39, 0.29) is 5.91 Å². The van der Waals surface area contributed by atoms with Crippen molar-refractivity contribution in [2.45, 2.75) is 58.5 Å². The molecule has 3 aromatic carbocycles. The second-order valence-corrected chi connectivity index (χ2v) is 12.0. The molecule has 0 spiro atoms. The van der Waals surface area contributed by atoms with Gasteiger partial charge in [-0.1, -0.05) is 66.9 Å². The van der Waals surface area contributed by atoms with Crippen molar-refractivity contribution in [3.8, 4) is 11.5 Å². The van der Waals surface area contributed by atoms with Gasteiger partial charge in [0.15, 0.2) is 11.5 Å². The fourth-order valence-corrected chi connectivity index (χ4v) is 6.76. The minimum absolute atomic E-state index is 0.109. The van der Waals surface area contributed by atoms with Gasteiger partial charge in [0, 0.05) is 32.9 Å². The number of carbonyl (C=O) groups excluding carboxylic acids is 1. The number of aryl methyl sites for hydroxylation is 1. The van der Waals surface area contributed by atoms with Crippen molar-refractivity contribution in [1.82, 2.24) is 0 Å². The molecule has 0 unspecified atom stereocenters. The number of benzene rings is 3. The molecule has 5 nitrogen and oxygen atoms in total. The molecule has 0 fully saturated rings. The van der Waals surface area contributed by atoms with Gasteiger partial charge in [0.2, 0.25) is 0 Å². The number of thiophene rings is 1. The third-order valence-corrected chi connectivity index (χ3v) is 8.96. The van der Waals surface area contributed by atoms with E-state index >= 15 is 0 Å². The van der Waals surface area contributed by atoms with E-state index in [1.165, 1.54) is 17.7 Å². The first kappa shape index (κ1) is 30.6. The van der Waals surface area contributed by atoms with Crippen molar-refractivity contribution in [3.05, 3.63) is 117 Å². The van der Waals surface area contributed by atoms with E-state index in [9.17, 15) is 4.79 Å². The zero-order valence-electron chi connectivity index (χ0n) is 24.5. The summed E-state index contributed by atoms with van der Waals surface area (Å²) in [6.07, 6.45) is 10.8. The molecule has 1 heterocycles. The Morgan fingerprint density at radius 1 is 1.00 bits per heavy atom. The monoisotopic (exact) mass is 612 g/mol. The number of hydrogen-bond donors (Lipinski definition) is 1. The summed E-state index contributed by atoms with van der Waals surface area (Å²) in [7, 11) is 0. The lowest BCUT2D eigenvalue weighted by Gasteiger charge is -2.17. The van der Waals surface area contributed by atoms with Gasteiger partial charge in [-0.2, -0.15) is 0 Å². The number of halogens is 1. The number of amides is 1. The van der Waals surface area contributed by atoms with Crippen LogP contribution in [0.2, 0.25) is 5.02 Å². The van der Waals surface area contributed by atoms with Crippen LogP contribution >= 0.6 is 22.9 Å². The van der Waals surface area contributed by atoms with Gasteiger partial charge in [0.05, 0.1) is 12.2 Å². The number of para-hydroxylation sites is 1. The Labute approximate surface area is 263 Å². The zero-order chi connectivity index (χ0) is 30.0. The highest BCUT2D eigenvalue weighted by molar-refractivity contribution is 7.16. The van der Waals surface area contributed by atoms with Gasteiger partial charge < -0.3 is 14.8 Å². The Bertz CT molecular complexity index is 1600. The standard InChI is InChI=1S/C36H37ClN2O3S/c1-3-14-26-21-25(22-31(41-4-2)34(26)42-24-27-15-12-13-19-30(27)37)23-38-36-33(35(40)39-28-16-8-7-9-17-28)29-18-10-5-6-11-20-32(29)43-36/h3,7-9,12-13,15-17,19,21-23H,1,4-6,10-11,14,18,20,24H2,2H3,(H,39,40). The molecule has 1 N–H and O–H groups in total. The summed E-state index contributed by atoms with van der Waals surface area (Å²) >= 11 is 8.02. The Morgan fingerprint density at radius 2 is 1.77 bits per heavy atom. The summed E-state index contributed by atoms with van der Waals surface area (Å²) in [4.78, 5) is 19.9. The van der Waals surface area contributed by atoms with Gasteiger partial charge in [-0.05, 0) is 80.5 Å². The number of nitrogens with one attached hydrogen (secondary N) is 1. The predicted octanol–water partition coefficient (Wildman–Crippen LogP) is 9.77. The topological polar surface area (TPSA) is 59.9 Å². The van der Waals surface area contributed by atoms with Gasteiger partial charge in [-0.25, -0.2) is 4.99 Å². The molecule has 7 heteroatoms. The van der Waals surface area contributed by atoms with Crippen molar-refractivity contribution >= 4 is 45.7 Å². The summed E-state index contributed by atoms with van der Waals surface area (Å²) < 4.78 is 12.3. The van der Waals surface area contributed by atoms with Crippen LogP contribution in [-0.4, -0.2) is 18.7 Å². The van der Waals surface area contributed by atoms with Crippen molar-refractivity contribution in [3.63, 3.8) is 0 Å². The van der Waals surface area contributed by atoms with Gasteiger partial charge in [-0.15, -0.1) is 17.9 Å². The van der Waals surface area contributed by atoms with Gasteiger partial charge in [0.1, 0.15) is 11.6 Å². The molecule has 0 saturated heterocycles. The van der Waals surface area contributed by atoms with E-state index in [2.05, 4.69) is 11.9 Å². The number of rotatable bonds is 11. The number of aliphatic imine (C=N–C) groups is 1. The predicted molar refractivity (Wildman–Crippen MR) is 179 cm³/mol.